The van der Waals surface area contributed by atoms with Gasteiger partial charge in [0.15, 0.2) is 0 Å². The first-order chi connectivity index (χ1) is 8.31. The maximum atomic E-state index is 12.1. The zero-order valence-electron chi connectivity index (χ0n) is 11.2. The predicted octanol–water partition coefficient (Wildman–Crippen LogP) is 0.604. The van der Waals surface area contributed by atoms with Gasteiger partial charge in [-0.2, -0.15) is 0 Å². The van der Waals surface area contributed by atoms with E-state index >= 15 is 0 Å². The Bertz CT molecular complexity index is 313. The van der Waals surface area contributed by atoms with Crippen molar-refractivity contribution >= 4 is 12.0 Å². The molecule has 6 nitrogen and oxygen atoms in total. The average Bonchev–Trinajstić information content (AvgIpc) is 2.22. The standard InChI is InChI=1S/C12H22N2O4/c1-8(2)14(7-11(16)17)12(18)13(3)6-9-4-10(15)5-9/h8-10,15H,4-7H2,1-3H3,(H,16,17). The van der Waals surface area contributed by atoms with Crippen LogP contribution >= 0.6 is 0 Å². The highest BCUT2D eigenvalue weighted by Crippen LogP contribution is 2.27. The monoisotopic (exact) mass is 258 g/mol. The van der Waals surface area contributed by atoms with E-state index in [0.717, 1.165) is 12.8 Å². The zero-order chi connectivity index (χ0) is 13.9. The lowest BCUT2D eigenvalue weighted by Gasteiger charge is -2.36. The average molecular weight is 258 g/mol. The minimum absolute atomic E-state index is 0.150. The van der Waals surface area contributed by atoms with Crippen LogP contribution in [0.4, 0.5) is 4.79 Å². The summed E-state index contributed by atoms with van der Waals surface area (Å²) in [5, 5.41) is 18.0. The highest BCUT2D eigenvalue weighted by atomic mass is 16.4. The van der Waals surface area contributed by atoms with E-state index in [2.05, 4.69) is 0 Å². The molecule has 1 saturated carbocycles. The van der Waals surface area contributed by atoms with Crippen LogP contribution in [0.2, 0.25) is 0 Å². The van der Waals surface area contributed by atoms with Crippen molar-refractivity contribution < 1.29 is 19.8 Å². The molecule has 0 spiro atoms. The maximum Gasteiger partial charge on any atom is 0.323 e. The van der Waals surface area contributed by atoms with Crippen LogP contribution in [0.5, 0.6) is 0 Å². The Morgan fingerprint density at radius 1 is 1.33 bits per heavy atom. The Kier molecular flexibility index (Phi) is 4.95. The largest absolute Gasteiger partial charge is 0.480 e. The Labute approximate surface area is 107 Å². The molecular weight excluding hydrogens is 236 g/mol. The number of aliphatic hydroxyl groups is 1. The number of nitrogens with zero attached hydrogens (tertiary/aromatic N) is 2. The fourth-order valence-corrected chi connectivity index (χ4v) is 2.15. The summed E-state index contributed by atoms with van der Waals surface area (Å²) in [6.07, 6.45) is 1.20. The fourth-order valence-electron chi connectivity index (χ4n) is 2.15. The Morgan fingerprint density at radius 3 is 2.28 bits per heavy atom. The van der Waals surface area contributed by atoms with E-state index in [-0.39, 0.29) is 24.7 Å². The van der Waals surface area contributed by atoms with Crippen molar-refractivity contribution in [2.45, 2.75) is 38.8 Å². The quantitative estimate of drug-likeness (QED) is 0.757. The van der Waals surface area contributed by atoms with Crippen molar-refractivity contribution in [2.75, 3.05) is 20.1 Å². The normalized spacial score (nSPS) is 22.5. The Morgan fingerprint density at radius 2 is 1.89 bits per heavy atom. The summed E-state index contributed by atoms with van der Waals surface area (Å²) >= 11 is 0. The van der Waals surface area contributed by atoms with Gasteiger partial charge in [-0.3, -0.25) is 4.79 Å². The number of hydrogen-bond acceptors (Lipinski definition) is 3. The number of aliphatic hydroxyl groups excluding tert-OH is 1. The molecule has 1 rings (SSSR count). The molecule has 0 unspecified atom stereocenters. The number of carboxylic acid groups (broad SMARTS) is 1. The Hall–Kier alpha value is -1.30. The molecule has 0 aromatic rings. The van der Waals surface area contributed by atoms with Gasteiger partial charge in [-0.25, -0.2) is 4.79 Å². The molecule has 0 heterocycles. The van der Waals surface area contributed by atoms with Crippen LogP contribution < -0.4 is 0 Å². The molecule has 18 heavy (non-hydrogen) atoms. The number of carbonyl (C=O) groups is 2. The van der Waals surface area contributed by atoms with E-state index < -0.39 is 5.97 Å². The molecule has 0 bridgehead atoms. The number of urea groups is 1. The summed E-state index contributed by atoms with van der Waals surface area (Å²) in [4.78, 5) is 25.7. The van der Waals surface area contributed by atoms with Crippen LogP contribution in [0.15, 0.2) is 0 Å². The molecule has 0 aromatic carbocycles. The van der Waals surface area contributed by atoms with Gasteiger partial charge < -0.3 is 20.0 Å². The first-order valence-electron chi connectivity index (χ1n) is 6.22. The first-order valence-corrected chi connectivity index (χ1v) is 6.22. The third-order valence-electron chi connectivity index (χ3n) is 3.24. The molecule has 1 aliphatic rings. The molecule has 104 valence electrons. The lowest BCUT2D eigenvalue weighted by molar-refractivity contribution is -0.138. The van der Waals surface area contributed by atoms with E-state index in [9.17, 15) is 14.7 Å². The second-order valence-corrected chi connectivity index (χ2v) is 5.27. The van der Waals surface area contributed by atoms with Crippen molar-refractivity contribution in [1.82, 2.24) is 9.80 Å². The van der Waals surface area contributed by atoms with Gasteiger partial charge in [0, 0.05) is 19.6 Å². The molecule has 0 atom stereocenters. The van der Waals surface area contributed by atoms with E-state index in [4.69, 9.17) is 5.11 Å². The van der Waals surface area contributed by atoms with Crippen LogP contribution in [-0.2, 0) is 4.79 Å². The molecule has 1 fully saturated rings. The number of rotatable bonds is 5. The number of aliphatic carboxylic acids is 1. The maximum absolute atomic E-state index is 12.1. The van der Waals surface area contributed by atoms with E-state index in [1.54, 1.807) is 25.8 Å². The lowest BCUT2D eigenvalue weighted by Crippen LogP contribution is -2.49. The van der Waals surface area contributed by atoms with Gasteiger partial charge in [0.25, 0.3) is 0 Å². The van der Waals surface area contributed by atoms with Crippen LogP contribution in [0.25, 0.3) is 0 Å². The molecule has 0 aromatic heterocycles. The van der Waals surface area contributed by atoms with Gasteiger partial charge in [-0.1, -0.05) is 0 Å². The van der Waals surface area contributed by atoms with Gasteiger partial charge in [0.1, 0.15) is 6.54 Å². The van der Waals surface area contributed by atoms with E-state index in [1.807, 2.05) is 0 Å². The summed E-state index contributed by atoms with van der Waals surface area (Å²) in [5.74, 6) is -0.683. The van der Waals surface area contributed by atoms with Crippen LogP contribution in [0.3, 0.4) is 0 Å². The number of hydrogen-bond donors (Lipinski definition) is 2. The molecule has 0 saturated heterocycles. The van der Waals surface area contributed by atoms with Gasteiger partial charge >= 0.3 is 12.0 Å². The van der Waals surface area contributed by atoms with E-state index in [0.29, 0.717) is 12.5 Å². The third kappa shape index (κ3) is 3.87. The summed E-state index contributed by atoms with van der Waals surface area (Å²) < 4.78 is 0. The minimum atomic E-state index is -1.01. The minimum Gasteiger partial charge on any atom is -0.480 e. The first kappa shape index (κ1) is 14.8. The number of carboxylic acids is 1. The Balaban J connectivity index is 2.50. The lowest BCUT2D eigenvalue weighted by atomic mass is 9.82. The van der Waals surface area contributed by atoms with Crippen molar-refractivity contribution in [3.05, 3.63) is 0 Å². The summed E-state index contributed by atoms with van der Waals surface area (Å²) in [6, 6.07) is -0.420. The van der Waals surface area contributed by atoms with Crippen molar-refractivity contribution in [3.8, 4) is 0 Å². The van der Waals surface area contributed by atoms with Crippen LogP contribution in [0, 0.1) is 5.92 Å². The molecule has 0 aliphatic heterocycles. The molecule has 1 aliphatic carbocycles. The SMILES string of the molecule is CC(C)N(CC(=O)O)C(=O)N(C)CC1CC(O)C1. The van der Waals surface area contributed by atoms with Gasteiger partial charge in [0.2, 0.25) is 0 Å². The van der Waals surface area contributed by atoms with Crippen molar-refractivity contribution in [2.24, 2.45) is 5.92 Å². The van der Waals surface area contributed by atoms with Gasteiger partial charge in [-0.05, 0) is 32.6 Å². The van der Waals surface area contributed by atoms with Crippen molar-refractivity contribution in [3.63, 3.8) is 0 Å². The van der Waals surface area contributed by atoms with Crippen LogP contribution in [0.1, 0.15) is 26.7 Å². The number of carbonyl (C=O) groups excluding carboxylic acids is 1. The molecule has 2 amide bonds. The third-order valence-corrected chi connectivity index (χ3v) is 3.24. The van der Waals surface area contributed by atoms with Gasteiger partial charge in [0.05, 0.1) is 6.10 Å². The molecule has 6 heteroatoms. The molecular formula is C12H22N2O4. The second kappa shape index (κ2) is 6.04. The molecule has 2 N–H and O–H groups in total. The summed E-state index contributed by atoms with van der Waals surface area (Å²) in [5.41, 5.74) is 0. The summed E-state index contributed by atoms with van der Waals surface area (Å²) in [6.45, 7) is 3.87. The fraction of sp³-hybridized carbons (Fsp3) is 0.833. The highest BCUT2D eigenvalue weighted by molar-refractivity contribution is 5.80. The van der Waals surface area contributed by atoms with Crippen LogP contribution in [-0.4, -0.2) is 64.3 Å². The highest BCUT2D eigenvalue weighted by Gasteiger charge is 2.31. The smallest absolute Gasteiger partial charge is 0.323 e. The predicted molar refractivity (Wildman–Crippen MR) is 66.2 cm³/mol. The second-order valence-electron chi connectivity index (χ2n) is 5.27. The van der Waals surface area contributed by atoms with E-state index in [1.165, 1.54) is 4.90 Å². The zero-order valence-corrected chi connectivity index (χ0v) is 11.2. The van der Waals surface area contributed by atoms with Gasteiger partial charge in [-0.15, -0.1) is 0 Å². The number of amides is 2. The topological polar surface area (TPSA) is 81.1 Å². The van der Waals surface area contributed by atoms with Crippen molar-refractivity contribution in [1.29, 1.82) is 0 Å². The summed E-state index contributed by atoms with van der Waals surface area (Å²) in [7, 11) is 1.67. The molecule has 0 radical (unpaired) electrons.